The monoisotopic (exact) mass is 386 g/mol. The zero-order chi connectivity index (χ0) is 19.1. The average molecular weight is 387 g/mol. The van der Waals surface area contributed by atoms with Crippen LogP contribution in [-0.4, -0.2) is 41.5 Å². The molecule has 2 N–H and O–H groups in total. The van der Waals surface area contributed by atoms with Crippen LogP contribution >= 0.6 is 11.3 Å². The highest BCUT2D eigenvalue weighted by atomic mass is 32.1. The van der Waals surface area contributed by atoms with Gasteiger partial charge in [0.2, 0.25) is 5.91 Å². The van der Waals surface area contributed by atoms with E-state index in [4.69, 9.17) is 0 Å². The number of aromatic nitrogens is 1. The molecule has 3 amide bonds. The quantitative estimate of drug-likeness (QED) is 0.800. The summed E-state index contributed by atoms with van der Waals surface area (Å²) in [5.74, 6) is -0.191. The van der Waals surface area contributed by atoms with E-state index in [9.17, 15) is 9.59 Å². The van der Waals surface area contributed by atoms with Crippen molar-refractivity contribution in [2.45, 2.75) is 32.6 Å². The van der Waals surface area contributed by atoms with Crippen molar-refractivity contribution in [3.8, 4) is 0 Å². The highest BCUT2D eigenvalue weighted by Crippen LogP contribution is 2.19. The van der Waals surface area contributed by atoms with E-state index in [1.54, 1.807) is 16.2 Å². The minimum absolute atomic E-state index is 0.0201. The Labute approximate surface area is 164 Å². The summed E-state index contributed by atoms with van der Waals surface area (Å²) in [5.41, 5.74) is 1.81. The number of nitrogens with one attached hydrogen (secondary N) is 2. The molecule has 6 nitrogen and oxygen atoms in total. The smallest absolute Gasteiger partial charge is 0.317 e. The minimum atomic E-state index is -0.171. The third-order valence-corrected chi connectivity index (χ3v) is 5.72. The first-order chi connectivity index (χ1) is 13.2. The number of carbonyl (C=O) groups is 2. The molecule has 144 valence electrons. The van der Waals surface area contributed by atoms with Gasteiger partial charge in [0.1, 0.15) is 0 Å². The Morgan fingerprint density at radius 1 is 1.30 bits per heavy atom. The van der Waals surface area contributed by atoms with Crippen LogP contribution in [0.2, 0.25) is 0 Å². The van der Waals surface area contributed by atoms with Gasteiger partial charge in [0, 0.05) is 37.1 Å². The number of hydrogen-bond donors (Lipinski definition) is 2. The molecule has 1 saturated heterocycles. The van der Waals surface area contributed by atoms with Gasteiger partial charge in [0.25, 0.3) is 0 Å². The second kappa shape index (κ2) is 9.50. The summed E-state index contributed by atoms with van der Waals surface area (Å²) in [5, 5.41) is 9.07. The lowest BCUT2D eigenvalue weighted by Gasteiger charge is -2.32. The van der Waals surface area contributed by atoms with E-state index >= 15 is 0 Å². The largest absolute Gasteiger partial charge is 0.338 e. The lowest BCUT2D eigenvalue weighted by molar-refractivity contribution is -0.121. The molecule has 0 spiro atoms. The van der Waals surface area contributed by atoms with Crippen LogP contribution in [0.15, 0.2) is 35.7 Å². The molecule has 1 unspecified atom stereocenters. The van der Waals surface area contributed by atoms with Crippen molar-refractivity contribution in [2.75, 3.05) is 25.0 Å². The lowest BCUT2D eigenvalue weighted by atomic mass is 9.97. The Kier molecular flexibility index (Phi) is 6.81. The number of thiazole rings is 1. The number of aryl methyl sites for hydroxylation is 1. The Hall–Kier alpha value is -2.41. The van der Waals surface area contributed by atoms with E-state index in [0.717, 1.165) is 42.1 Å². The van der Waals surface area contributed by atoms with Crippen LogP contribution in [0.4, 0.5) is 10.5 Å². The summed E-state index contributed by atoms with van der Waals surface area (Å²) in [6.07, 6.45) is 3.32. The highest BCUT2D eigenvalue weighted by molar-refractivity contribution is 7.09. The summed E-state index contributed by atoms with van der Waals surface area (Å²) >= 11 is 1.66. The fourth-order valence-electron chi connectivity index (χ4n) is 3.18. The number of piperidine rings is 1. The molecular weight excluding hydrogens is 360 g/mol. The molecule has 27 heavy (non-hydrogen) atoms. The second-order valence-corrected chi connectivity index (χ2v) is 7.65. The zero-order valence-corrected chi connectivity index (χ0v) is 16.4. The van der Waals surface area contributed by atoms with E-state index in [1.165, 1.54) is 0 Å². The molecule has 2 aromatic rings. The maximum Gasteiger partial charge on any atom is 0.317 e. The average Bonchev–Trinajstić information content (AvgIpc) is 3.17. The standard InChI is InChI=1S/C20H26N4O2S/c1-2-18-22-17(14-27-18)10-11-21-20(26)24-12-6-7-15(13-24)19(25)23-16-8-4-3-5-9-16/h3-5,8-9,14-15H,2,6-7,10-13H2,1H3,(H,21,26)(H,23,25). The van der Waals surface area contributed by atoms with Gasteiger partial charge in [-0.2, -0.15) is 0 Å². The van der Waals surface area contributed by atoms with Crippen molar-refractivity contribution in [1.29, 1.82) is 0 Å². The van der Waals surface area contributed by atoms with Crippen LogP contribution < -0.4 is 10.6 Å². The van der Waals surface area contributed by atoms with Crippen LogP contribution in [-0.2, 0) is 17.6 Å². The molecule has 2 heterocycles. The van der Waals surface area contributed by atoms with Crippen molar-refractivity contribution < 1.29 is 9.59 Å². The molecule has 0 saturated carbocycles. The van der Waals surface area contributed by atoms with Crippen LogP contribution in [0.1, 0.15) is 30.5 Å². The predicted octanol–water partition coefficient (Wildman–Crippen LogP) is 3.31. The van der Waals surface area contributed by atoms with Crippen molar-refractivity contribution in [3.05, 3.63) is 46.4 Å². The summed E-state index contributed by atoms with van der Waals surface area (Å²) in [6.45, 7) is 3.80. The number of amides is 3. The molecule has 1 atom stereocenters. The van der Waals surface area contributed by atoms with Crippen molar-refractivity contribution in [1.82, 2.24) is 15.2 Å². The maximum atomic E-state index is 12.5. The Bertz CT molecular complexity index is 762. The highest BCUT2D eigenvalue weighted by Gasteiger charge is 2.28. The first-order valence-corrected chi connectivity index (χ1v) is 10.4. The number of para-hydroxylation sites is 1. The molecule has 1 aliphatic heterocycles. The lowest BCUT2D eigenvalue weighted by Crippen LogP contribution is -2.48. The number of carbonyl (C=O) groups excluding carboxylic acids is 2. The van der Waals surface area contributed by atoms with Crippen LogP contribution in [0.3, 0.4) is 0 Å². The van der Waals surface area contributed by atoms with Gasteiger partial charge in [-0.25, -0.2) is 9.78 Å². The number of anilines is 1. The van der Waals surface area contributed by atoms with Gasteiger partial charge in [0.05, 0.1) is 16.6 Å². The molecule has 1 aromatic carbocycles. The molecule has 0 radical (unpaired) electrons. The summed E-state index contributed by atoms with van der Waals surface area (Å²) in [7, 11) is 0. The third kappa shape index (κ3) is 5.53. The SMILES string of the molecule is CCc1nc(CCNC(=O)N2CCCC(C(=O)Nc3ccccc3)C2)cs1. The molecule has 1 aromatic heterocycles. The fourth-order valence-corrected chi connectivity index (χ4v) is 3.96. The van der Waals surface area contributed by atoms with E-state index in [2.05, 4.69) is 27.9 Å². The topological polar surface area (TPSA) is 74.3 Å². The fraction of sp³-hybridized carbons (Fsp3) is 0.450. The van der Waals surface area contributed by atoms with E-state index in [0.29, 0.717) is 19.6 Å². The minimum Gasteiger partial charge on any atom is -0.338 e. The second-order valence-electron chi connectivity index (χ2n) is 6.71. The molecular formula is C20H26N4O2S. The predicted molar refractivity (Wildman–Crippen MR) is 108 cm³/mol. The number of likely N-dealkylation sites (tertiary alicyclic amines) is 1. The van der Waals surface area contributed by atoms with Crippen LogP contribution in [0.25, 0.3) is 0 Å². The molecule has 1 aliphatic rings. The van der Waals surface area contributed by atoms with Gasteiger partial charge in [-0.15, -0.1) is 11.3 Å². The van der Waals surface area contributed by atoms with E-state index in [1.807, 2.05) is 30.3 Å². The summed E-state index contributed by atoms with van der Waals surface area (Å²) in [6, 6.07) is 9.33. The number of rotatable bonds is 6. The molecule has 3 rings (SSSR count). The van der Waals surface area contributed by atoms with Gasteiger partial charge in [-0.05, 0) is 31.4 Å². The van der Waals surface area contributed by atoms with Gasteiger partial charge >= 0.3 is 6.03 Å². The first-order valence-electron chi connectivity index (χ1n) is 9.47. The van der Waals surface area contributed by atoms with Gasteiger partial charge < -0.3 is 15.5 Å². The van der Waals surface area contributed by atoms with Gasteiger partial charge in [-0.1, -0.05) is 25.1 Å². The molecule has 7 heteroatoms. The Morgan fingerprint density at radius 2 is 2.11 bits per heavy atom. The van der Waals surface area contributed by atoms with Crippen molar-refractivity contribution in [3.63, 3.8) is 0 Å². The van der Waals surface area contributed by atoms with Gasteiger partial charge in [-0.3, -0.25) is 4.79 Å². The Balaban J connectivity index is 1.45. The molecule has 1 fully saturated rings. The van der Waals surface area contributed by atoms with Gasteiger partial charge in [0.15, 0.2) is 0 Å². The maximum absolute atomic E-state index is 12.5. The molecule has 0 aliphatic carbocycles. The van der Waals surface area contributed by atoms with Crippen LogP contribution in [0.5, 0.6) is 0 Å². The van der Waals surface area contributed by atoms with E-state index < -0.39 is 0 Å². The summed E-state index contributed by atoms with van der Waals surface area (Å²) < 4.78 is 0. The third-order valence-electron chi connectivity index (χ3n) is 4.68. The number of urea groups is 1. The van der Waals surface area contributed by atoms with Crippen molar-refractivity contribution >= 4 is 29.0 Å². The van der Waals surface area contributed by atoms with Crippen molar-refractivity contribution in [2.24, 2.45) is 5.92 Å². The number of hydrogen-bond acceptors (Lipinski definition) is 4. The zero-order valence-electron chi connectivity index (χ0n) is 15.6. The molecule has 0 bridgehead atoms. The number of nitrogens with zero attached hydrogens (tertiary/aromatic N) is 2. The first kappa shape index (κ1) is 19.4. The summed E-state index contributed by atoms with van der Waals surface area (Å²) in [4.78, 5) is 31.2. The number of benzene rings is 1. The normalized spacial score (nSPS) is 16.8. The Morgan fingerprint density at radius 3 is 2.85 bits per heavy atom. The van der Waals surface area contributed by atoms with Crippen LogP contribution in [0, 0.1) is 5.92 Å². The van der Waals surface area contributed by atoms with E-state index in [-0.39, 0.29) is 17.9 Å².